The highest BCUT2D eigenvalue weighted by Gasteiger charge is 2.24. The second kappa shape index (κ2) is 11.1. The zero-order chi connectivity index (χ0) is 22.2. The molecule has 0 radical (unpaired) electrons. The maximum absolute atomic E-state index is 12.6. The smallest absolute Gasteiger partial charge is 0.314 e. The number of ether oxygens (including phenoxy) is 1. The summed E-state index contributed by atoms with van der Waals surface area (Å²) < 4.78 is 5.81. The molecule has 168 valence electrons. The highest BCUT2D eigenvalue weighted by Crippen LogP contribution is 2.21. The zero-order valence-corrected chi connectivity index (χ0v) is 19.3. The summed E-state index contributed by atoms with van der Waals surface area (Å²) in [7, 11) is 0. The Morgan fingerprint density at radius 1 is 1.10 bits per heavy atom. The molecule has 3 rings (SSSR count). The summed E-state index contributed by atoms with van der Waals surface area (Å²) in [5.74, 6) is 1.13. The van der Waals surface area contributed by atoms with Crippen molar-refractivity contribution in [3.63, 3.8) is 0 Å². The van der Waals surface area contributed by atoms with Gasteiger partial charge in [0.05, 0.1) is 0 Å². The Labute approximate surface area is 188 Å². The minimum atomic E-state index is -0.149. The first-order valence-corrected chi connectivity index (χ1v) is 11.8. The third-order valence-corrected chi connectivity index (χ3v) is 6.25. The van der Waals surface area contributed by atoms with Gasteiger partial charge in [0.2, 0.25) is 0 Å². The van der Waals surface area contributed by atoms with Crippen molar-refractivity contribution in [1.82, 2.24) is 20.9 Å². The summed E-state index contributed by atoms with van der Waals surface area (Å²) in [5.41, 5.74) is 1.70. The molecule has 1 aliphatic rings. The number of hydrogen-bond acceptors (Lipinski definition) is 5. The number of urea groups is 1. The largest absolute Gasteiger partial charge is 0.486 e. The van der Waals surface area contributed by atoms with Gasteiger partial charge < -0.3 is 20.7 Å². The average molecular weight is 445 g/mol. The van der Waals surface area contributed by atoms with Crippen LogP contribution < -0.4 is 20.7 Å². The van der Waals surface area contributed by atoms with E-state index in [1.54, 1.807) is 5.38 Å². The molecule has 0 saturated heterocycles. The molecule has 1 saturated carbocycles. The van der Waals surface area contributed by atoms with E-state index in [9.17, 15) is 9.59 Å². The summed E-state index contributed by atoms with van der Waals surface area (Å²) in [4.78, 5) is 28.6. The summed E-state index contributed by atoms with van der Waals surface area (Å²) >= 11 is 1.43. The fraction of sp³-hybridized carbons (Fsp3) is 0.522. The normalized spacial score (nSPS) is 18.5. The predicted molar refractivity (Wildman–Crippen MR) is 123 cm³/mol. The van der Waals surface area contributed by atoms with Crippen LogP contribution in [0.5, 0.6) is 5.75 Å². The fourth-order valence-electron chi connectivity index (χ4n) is 3.61. The molecule has 0 bridgehead atoms. The first-order valence-electron chi connectivity index (χ1n) is 11.0. The first-order chi connectivity index (χ1) is 14.9. The highest BCUT2D eigenvalue weighted by molar-refractivity contribution is 7.09. The van der Waals surface area contributed by atoms with Gasteiger partial charge in [0, 0.05) is 24.0 Å². The van der Waals surface area contributed by atoms with Crippen molar-refractivity contribution in [2.45, 2.75) is 71.1 Å². The van der Waals surface area contributed by atoms with Crippen LogP contribution in [0.2, 0.25) is 0 Å². The van der Waals surface area contributed by atoms with Gasteiger partial charge in [-0.3, -0.25) is 4.79 Å². The van der Waals surface area contributed by atoms with E-state index >= 15 is 0 Å². The summed E-state index contributed by atoms with van der Waals surface area (Å²) in [6.45, 7) is 7.17. The first kappa shape index (κ1) is 23.1. The molecule has 0 aliphatic heterocycles. The van der Waals surface area contributed by atoms with E-state index < -0.39 is 0 Å². The van der Waals surface area contributed by atoms with E-state index in [1.165, 1.54) is 16.9 Å². The van der Waals surface area contributed by atoms with Crippen molar-refractivity contribution in [3.8, 4) is 5.75 Å². The van der Waals surface area contributed by atoms with Crippen LogP contribution in [0.4, 0.5) is 4.79 Å². The monoisotopic (exact) mass is 444 g/mol. The van der Waals surface area contributed by atoms with E-state index in [0.717, 1.165) is 36.4 Å². The molecule has 31 heavy (non-hydrogen) atoms. The van der Waals surface area contributed by atoms with Crippen LogP contribution in [0, 0.1) is 0 Å². The van der Waals surface area contributed by atoms with Crippen LogP contribution in [0.1, 0.15) is 73.4 Å². The van der Waals surface area contributed by atoms with Crippen LogP contribution in [0.25, 0.3) is 0 Å². The minimum absolute atomic E-state index is 0.112. The quantitative estimate of drug-likeness (QED) is 0.569. The second-order valence-electron chi connectivity index (χ2n) is 8.16. The van der Waals surface area contributed by atoms with Crippen molar-refractivity contribution in [1.29, 1.82) is 0 Å². The van der Waals surface area contributed by atoms with E-state index in [0.29, 0.717) is 24.8 Å². The Morgan fingerprint density at radius 2 is 1.74 bits per heavy atom. The van der Waals surface area contributed by atoms with Gasteiger partial charge in [0.1, 0.15) is 23.1 Å². The van der Waals surface area contributed by atoms with Crippen LogP contribution in [0.3, 0.4) is 0 Å². The summed E-state index contributed by atoms with van der Waals surface area (Å²) in [5, 5.41) is 11.3. The topological polar surface area (TPSA) is 92.4 Å². The standard InChI is InChI=1S/C23H32N4O3S/c1-4-24-23(29)26-18-9-7-17(8-10-18)25-22(28)20-14-31-21(27-20)13-30-19-11-5-16(6-12-19)15(2)3/h5-6,11-12,14-15,17-18H,4,7-10,13H2,1-3H3,(H,25,28)(H2,24,26,29). The summed E-state index contributed by atoms with van der Waals surface area (Å²) in [6, 6.07) is 8.23. The molecule has 8 heteroatoms. The molecular weight excluding hydrogens is 412 g/mol. The van der Waals surface area contributed by atoms with Crippen LogP contribution >= 0.6 is 11.3 Å². The Hall–Kier alpha value is -2.61. The van der Waals surface area contributed by atoms with Crippen molar-refractivity contribution in [3.05, 3.63) is 45.9 Å². The van der Waals surface area contributed by atoms with E-state index in [-0.39, 0.29) is 24.0 Å². The van der Waals surface area contributed by atoms with Crippen molar-refractivity contribution >= 4 is 23.3 Å². The molecule has 3 amide bonds. The molecule has 3 N–H and O–H groups in total. The maximum Gasteiger partial charge on any atom is 0.314 e. The molecule has 1 aromatic heterocycles. The van der Waals surface area contributed by atoms with Crippen molar-refractivity contribution in [2.75, 3.05) is 6.54 Å². The molecule has 1 fully saturated rings. The lowest BCUT2D eigenvalue weighted by molar-refractivity contribution is 0.0919. The molecule has 1 aromatic carbocycles. The number of benzene rings is 1. The maximum atomic E-state index is 12.6. The van der Waals surface area contributed by atoms with Gasteiger partial charge >= 0.3 is 6.03 Å². The molecule has 0 atom stereocenters. The fourth-order valence-corrected chi connectivity index (χ4v) is 4.30. The highest BCUT2D eigenvalue weighted by atomic mass is 32.1. The lowest BCUT2D eigenvalue weighted by Crippen LogP contribution is -2.46. The van der Waals surface area contributed by atoms with Crippen LogP contribution in [0.15, 0.2) is 29.6 Å². The number of nitrogens with zero attached hydrogens (tertiary/aromatic N) is 1. The number of aromatic nitrogens is 1. The van der Waals surface area contributed by atoms with Gasteiger partial charge in [0.25, 0.3) is 5.91 Å². The number of hydrogen-bond donors (Lipinski definition) is 3. The average Bonchev–Trinajstić information content (AvgIpc) is 3.23. The van der Waals surface area contributed by atoms with Gasteiger partial charge in [-0.2, -0.15) is 0 Å². The van der Waals surface area contributed by atoms with Gasteiger partial charge in [-0.25, -0.2) is 9.78 Å². The molecule has 0 unspecified atom stereocenters. The lowest BCUT2D eigenvalue weighted by atomic mass is 9.91. The zero-order valence-electron chi connectivity index (χ0n) is 18.4. The number of nitrogens with one attached hydrogen (secondary N) is 3. The van der Waals surface area contributed by atoms with Crippen molar-refractivity contribution in [2.24, 2.45) is 0 Å². The van der Waals surface area contributed by atoms with Gasteiger partial charge in [-0.05, 0) is 56.2 Å². The summed E-state index contributed by atoms with van der Waals surface area (Å²) in [6.07, 6.45) is 3.40. The SMILES string of the molecule is CCNC(=O)NC1CCC(NC(=O)c2csc(COc3ccc(C(C)C)cc3)n2)CC1. The third kappa shape index (κ3) is 6.95. The molecule has 1 aliphatic carbocycles. The Balaban J connectivity index is 1.42. The Bertz CT molecular complexity index is 858. The number of carbonyl (C=O) groups excluding carboxylic acids is 2. The second-order valence-corrected chi connectivity index (χ2v) is 9.11. The number of rotatable bonds is 8. The number of thiazole rings is 1. The van der Waals surface area contributed by atoms with Gasteiger partial charge in [-0.15, -0.1) is 11.3 Å². The molecule has 7 nitrogen and oxygen atoms in total. The van der Waals surface area contributed by atoms with E-state index in [2.05, 4.69) is 46.9 Å². The number of carbonyl (C=O) groups is 2. The van der Waals surface area contributed by atoms with E-state index in [4.69, 9.17) is 4.74 Å². The van der Waals surface area contributed by atoms with Crippen LogP contribution in [-0.2, 0) is 6.61 Å². The van der Waals surface area contributed by atoms with Gasteiger partial charge in [0.15, 0.2) is 0 Å². The Morgan fingerprint density at radius 3 is 2.35 bits per heavy atom. The van der Waals surface area contributed by atoms with Crippen molar-refractivity contribution < 1.29 is 14.3 Å². The lowest BCUT2D eigenvalue weighted by Gasteiger charge is -2.29. The minimum Gasteiger partial charge on any atom is -0.486 e. The molecule has 0 spiro atoms. The number of amides is 3. The third-order valence-electron chi connectivity index (χ3n) is 5.43. The molecule has 2 aromatic rings. The molecule has 1 heterocycles. The van der Waals surface area contributed by atoms with Gasteiger partial charge in [-0.1, -0.05) is 26.0 Å². The Kier molecular flexibility index (Phi) is 8.28. The molecular formula is C23H32N4O3S. The predicted octanol–water partition coefficient (Wildman–Crippen LogP) is 4.21. The van der Waals surface area contributed by atoms with E-state index in [1.807, 2.05) is 19.1 Å². The van der Waals surface area contributed by atoms with Crippen LogP contribution in [-0.4, -0.2) is 35.6 Å².